The van der Waals surface area contributed by atoms with Crippen LogP contribution >= 0.6 is 0 Å². The van der Waals surface area contributed by atoms with Gasteiger partial charge in [0.05, 0.1) is 0 Å². The second-order valence-electron chi connectivity index (χ2n) is 2.43. The average molecular weight is 135 g/mol. The second-order valence-corrected chi connectivity index (χ2v) is 2.43. The number of aromatic nitrogens is 1. The van der Waals surface area contributed by atoms with Crippen LogP contribution in [0.25, 0.3) is 0 Å². The van der Waals surface area contributed by atoms with Gasteiger partial charge in [-0.05, 0) is 19.1 Å². The maximum atomic E-state index is 4.24. The van der Waals surface area contributed by atoms with Gasteiger partial charge in [0, 0.05) is 25.9 Å². The van der Waals surface area contributed by atoms with Crippen molar-refractivity contribution in [2.45, 2.75) is 6.92 Å². The molecule has 0 aromatic carbocycles. The highest BCUT2D eigenvalue weighted by Crippen LogP contribution is 2.05. The fourth-order valence-electron chi connectivity index (χ4n) is 0.727. The predicted octanol–water partition coefficient (Wildman–Crippen LogP) is 1.26. The van der Waals surface area contributed by atoms with Gasteiger partial charge >= 0.3 is 0 Å². The summed E-state index contributed by atoms with van der Waals surface area (Å²) in [6.45, 7) is 1.94. The Kier molecular flexibility index (Phi) is 1.90. The number of nitrogens with zero attached hydrogens (tertiary/aromatic N) is 2. The van der Waals surface area contributed by atoms with Crippen LogP contribution < -0.4 is 4.90 Å². The summed E-state index contributed by atoms with van der Waals surface area (Å²) in [6, 6.07) is 6.81. The van der Waals surface area contributed by atoms with E-state index in [1.165, 1.54) is 0 Å². The number of rotatable bonds is 1. The molecule has 10 heavy (non-hydrogen) atoms. The highest BCUT2D eigenvalue weighted by molar-refractivity contribution is 5.36. The molecule has 2 heteroatoms. The Morgan fingerprint density at radius 2 is 2.20 bits per heavy atom. The summed E-state index contributed by atoms with van der Waals surface area (Å²) in [4.78, 5) is 6.22. The number of pyridine rings is 1. The maximum absolute atomic E-state index is 4.24. The van der Waals surface area contributed by atoms with E-state index in [9.17, 15) is 0 Å². The largest absolute Gasteiger partial charge is 0.363 e. The molecule has 0 aliphatic rings. The van der Waals surface area contributed by atoms with E-state index in [1.807, 2.05) is 38.1 Å². The van der Waals surface area contributed by atoms with Gasteiger partial charge in [0.25, 0.3) is 0 Å². The van der Waals surface area contributed by atoms with Crippen LogP contribution in [0, 0.1) is 13.0 Å². The lowest BCUT2D eigenvalue weighted by Gasteiger charge is -2.10. The van der Waals surface area contributed by atoms with E-state index in [1.54, 1.807) is 0 Å². The van der Waals surface area contributed by atoms with Crippen molar-refractivity contribution < 1.29 is 0 Å². The van der Waals surface area contributed by atoms with Crippen LogP contribution in [0.2, 0.25) is 0 Å². The Bertz CT molecular complexity index is 218. The van der Waals surface area contributed by atoms with Crippen LogP contribution in [-0.4, -0.2) is 19.1 Å². The number of anilines is 1. The topological polar surface area (TPSA) is 16.1 Å². The molecule has 0 spiro atoms. The van der Waals surface area contributed by atoms with Crippen molar-refractivity contribution in [2.75, 3.05) is 19.0 Å². The molecule has 0 bridgehead atoms. The minimum Gasteiger partial charge on any atom is -0.363 e. The monoisotopic (exact) mass is 135 g/mol. The maximum Gasteiger partial charge on any atom is 0.128 e. The molecule has 1 aromatic rings. The minimum absolute atomic E-state index is 0.936. The molecule has 1 heterocycles. The van der Waals surface area contributed by atoms with Crippen LogP contribution in [0.1, 0.15) is 5.69 Å². The molecule has 0 aliphatic carbocycles. The van der Waals surface area contributed by atoms with Gasteiger partial charge in [0.15, 0.2) is 0 Å². The van der Waals surface area contributed by atoms with E-state index in [2.05, 4.69) is 11.1 Å². The summed E-state index contributed by atoms with van der Waals surface area (Å²) >= 11 is 0. The standard InChI is InChI=1S/C8H11N2/c1-7-5-4-6-8(9-7)10(2)3/h4,6H,1-3H3. The van der Waals surface area contributed by atoms with Gasteiger partial charge in [0.1, 0.15) is 5.82 Å². The molecule has 0 saturated carbocycles. The van der Waals surface area contributed by atoms with E-state index < -0.39 is 0 Å². The Labute approximate surface area is 61.5 Å². The van der Waals surface area contributed by atoms with Crippen LogP contribution in [0.3, 0.4) is 0 Å². The Morgan fingerprint density at radius 1 is 1.50 bits per heavy atom. The van der Waals surface area contributed by atoms with Crippen molar-refractivity contribution in [3.63, 3.8) is 0 Å². The molecule has 0 atom stereocenters. The van der Waals surface area contributed by atoms with Gasteiger partial charge in [-0.3, -0.25) is 0 Å². The zero-order valence-corrected chi connectivity index (χ0v) is 6.55. The molecule has 1 radical (unpaired) electrons. The lowest BCUT2D eigenvalue weighted by molar-refractivity contribution is 1.04. The molecule has 0 saturated heterocycles. The van der Waals surface area contributed by atoms with Crippen molar-refractivity contribution in [3.05, 3.63) is 23.9 Å². The first-order chi connectivity index (χ1) is 4.70. The molecule has 0 aliphatic heterocycles. The summed E-state index contributed by atoms with van der Waals surface area (Å²) in [6.07, 6.45) is 0. The summed E-state index contributed by atoms with van der Waals surface area (Å²) in [5.41, 5.74) is 0.936. The van der Waals surface area contributed by atoms with Crippen LogP contribution in [0.4, 0.5) is 5.82 Å². The third-order valence-corrected chi connectivity index (χ3v) is 1.27. The van der Waals surface area contributed by atoms with Crippen molar-refractivity contribution >= 4 is 5.82 Å². The summed E-state index contributed by atoms with van der Waals surface area (Å²) < 4.78 is 0. The third kappa shape index (κ3) is 1.47. The van der Waals surface area contributed by atoms with Gasteiger partial charge in [-0.2, -0.15) is 0 Å². The Morgan fingerprint density at radius 3 is 2.60 bits per heavy atom. The zero-order valence-electron chi connectivity index (χ0n) is 6.55. The fraction of sp³-hybridized carbons (Fsp3) is 0.375. The number of aryl methyl sites for hydroxylation is 1. The quantitative estimate of drug-likeness (QED) is 0.576. The Balaban J connectivity index is 2.96. The van der Waals surface area contributed by atoms with Crippen molar-refractivity contribution in [1.29, 1.82) is 0 Å². The highest BCUT2D eigenvalue weighted by atomic mass is 15.1. The summed E-state index contributed by atoms with van der Waals surface area (Å²) in [5.74, 6) is 0.983. The molecule has 0 amide bonds. The first-order valence-electron chi connectivity index (χ1n) is 3.23. The van der Waals surface area contributed by atoms with Crippen LogP contribution in [0.5, 0.6) is 0 Å². The van der Waals surface area contributed by atoms with Crippen molar-refractivity contribution in [2.24, 2.45) is 0 Å². The SMILES string of the molecule is Cc1[c]ccc(N(C)C)n1. The van der Waals surface area contributed by atoms with Gasteiger partial charge in [-0.1, -0.05) is 0 Å². The zero-order chi connectivity index (χ0) is 7.56. The first kappa shape index (κ1) is 7.06. The lowest BCUT2D eigenvalue weighted by atomic mass is 10.4. The van der Waals surface area contributed by atoms with Crippen LogP contribution in [-0.2, 0) is 0 Å². The van der Waals surface area contributed by atoms with Gasteiger partial charge in [-0.15, -0.1) is 0 Å². The second kappa shape index (κ2) is 2.69. The molecule has 0 unspecified atom stereocenters. The van der Waals surface area contributed by atoms with E-state index in [-0.39, 0.29) is 0 Å². The third-order valence-electron chi connectivity index (χ3n) is 1.27. The van der Waals surface area contributed by atoms with E-state index in [0.29, 0.717) is 0 Å². The predicted molar refractivity (Wildman–Crippen MR) is 42.1 cm³/mol. The lowest BCUT2D eigenvalue weighted by Crippen LogP contribution is -2.10. The van der Waals surface area contributed by atoms with E-state index in [0.717, 1.165) is 11.5 Å². The summed E-state index contributed by atoms with van der Waals surface area (Å²) in [5, 5.41) is 0. The molecule has 0 fully saturated rings. The van der Waals surface area contributed by atoms with Gasteiger partial charge in [0.2, 0.25) is 0 Å². The van der Waals surface area contributed by atoms with E-state index >= 15 is 0 Å². The normalized spacial score (nSPS) is 9.50. The molecule has 2 nitrogen and oxygen atoms in total. The smallest absolute Gasteiger partial charge is 0.128 e. The van der Waals surface area contributed by atoms with E-state index in [4.69, 9.17) is 0 Å². The van der Waals surface area contributed by atoms with Crippen LogP contribution in [0.15, 0.2) is 12.1 Å². The Hall–Kier alpha value is -1.05. The molecule has 53 valence electrons. The minimum atomic E-state index is 0.936. The van der Waals surface area contributed by atoms with Crippen molar-refractivity contribution in [1.82, 2.24) is 4.98 Å². The highest BCUT2D eigenvalue weighted by Gasteiger charge is 1.93. The fourth-order valence-corrected chi connectivity index (χ4v) is 0.727. The molecule has 1 rings (SSSR count). The summed E-state index contributed by atoms with van der Waals surface area (Å²) in [7, 11) is 3.95. The molecule has 0 N–H and O–H groups in total. The van der Waals surface area contributed by atoms with Gasteiger partial charge < -0.3 is 4.90 Å². The van der Waals surface area contributed by atoms with Gasteiger partial charge in [-0.25, -0.2) is 4.98 Å². The average Bonchev–Trinajstić information content (AvgIpc) is 1.88. The molecule has 1 aromatic heterocycles. The molecular weight excluding hydrogens is 124 g/mol. The number of hydrogen-bond donors (Lipinski definition) is 0. The number of hydrogen-bond acceptors (Lipinski definition) is 2. The first-order valence-corrected chi connectivity index (χ1v) is 3.23. The van der Waals surface area contributed by atoms with Crippen molar-refractivity contribution in [3.8, 4) is 0 Å². The molecular formula is C8H11N2.